The number of carbonyl (C=O) groups excluding carboxylic acids is 1. The molecule has 26 heavy (non-hydrogen) atoms. The van der Waals surface area contributed by atoms with E-state index in [2.05, 4.69) is 45.2 Å². The van der Waals surface area contributed by atoms with Gasteiger partial charge in [0.1, 0.15) is 0 Å². The number of thioether (sulfide) groups is 1. The van der Waals surface area contributed by atoms with E-state index in [1.807, 2.05) is 0 Å². The van der Waals surface area contributed by atoms with Gasteiger partial charge < -0.3 is 14.6 Å². The van der Waals surface area contributed by atoms with Crippen molar-refractivity contribution in [2.45, 2.75) is 44.3 Å². The summed E-state index contributed by atoms with van der Waals surface area (Å²) in [4.78, 5) is 11.9. The van der Waals surface area contributed by atoms with Crippen molar-refractivity contribution in [3.63, 3.8) is 0 Å². The molecular weight excluding hydrogens is 348 g/mol. The third-order valence-electron chi connectivity index (χ3n) is 4.60. The van der Waals surface area contributed by atoms with E-state index in [9.17, 15) is 4.79 Å². The summed E-state index contributed by atoms with van der Waals surface area (Å²) < 4.78 is 7.02. The van der Waals surface area contributed by atoms with E-state index in [-0.39, 0.29) is 5.91 Å². The lowest BCUT2D eigenvalue weighted by Crippen LogP contribution is -2.28. The third kappa shape index (κ3) is 4.45. The van der Waals surface area contributed by atoms with E-state index in [0.29, 0.717) is 18.9 Å². The molecule has 3 rings (SSSR count). The van der Waals surface area contributed by atoms with Crippen LogP contribution >= 0.6 is 11.8 Å². The maximum Gasteiger partial charge on any atom is 0.230 e. The summed E-state index contributed by atoms with van der Waals surface area (Å²) in [6.45, 7) is 3.89. The van der Waals surface area contributed by atoms with Crippen LogP contribution in [0.3, 0.4) is 0 Å². The number of rotatable bonds is 8. The van der Waals surface area contributed by atoms with Gasteiger partial charge in [-0.15, -0.1) is 10.2 Å². The molecule has 0 aliphatic heterocycles. The molecule has 1 aliphatic carbocycles. The van der Waals surface area contributed by atoms with Gasteiger partial charge in [-0.1, -0.05) is 23.9 Å². The first-order chi connectivity index (χ1) is 12.7. The van der Waals surface area contributed by atoms with Crippen molar-refractivity contribution in [1.29, 1.82) is 0 Å². The zero-order chi connectivity index (χ0) is 18.4. The number of amides is 1. The summed E-state index contributed by atoms with van der Waals surface area (Å²) in [6.07, 6.45) is 4.86. The molecule has 6 nitrogen and oxygen atoms in total. The number of nitrogens with zero attached hydrogens (tertiary/aromatic N) is 3. The van der Waals surface area contributed by atoms with Crippen LogP contribution in [0.5, 0.6) is 0 Å². The van der Waals surface area contributed by atoms with E-state index in [0.717, 1.165) is 29.5 Å². The maximum atomic E-state index is 11.9. The van der Waals surface area contributed by atoms with E-state index in [1.54, 1.807) is 7.11 Å². The molecule has 1 aromatic heterocycles. The van der Waals surface area contributed by atoms with Crippen LogP contribution in [0.4, 0.5) is 0 Å². The number of benzene rings is 1. The van der Waals surface area contributed by atoms with Crippen molar-refractivity contribution in [3.05, 3.63) is 29.3 Å². The Morgan fingerprint density at radius 1 is 1.27 bits per heavy atom. The molecule has 1 amide bonds. The van der Waals surface area contributed by atoms with Crippen molar-refractivity contribution >= 4 is 17.7 Å². The Morgan fingerprint density at radius 3 is 2.85 bits per heavy atom. The topological polar surface area (TPSA) is 69.0 Å². The van der Waals surface area contributed by atoms with Crippen LogP contribution in [-0.4, -0.2) is 46.7 Å². The predicted octanol–water partition coefficient (Wildman–Crippen LogP) is 2.70. The van der Waals surface area contributed by atoms with Gasteiger partial charge in [-0.2, -0.15) is 0 Å². The molecule has 0 saturated heterocycles. The zero-order valence-electron chi connectivity index (χ0n) is 15.5. The van der Waals surface area contributed by atoms with Gasteiger partial charge >= 0.3 is 0 Å². The number of aryl methyl sites for hydroxylation is 2. The highest BCUT2D eigenvalue weighted by atomic mass is 32.2. The first kappa shape index (κ1) is 18.9. The van der Waals surface area contributed by atoms with Crippen molar-refractivity contribution in [2.75, 3.05) is 26.0 Å². The minimum absolute atomic E-state index is 0.0203. The Balaban J connectivity index is 1.71. The second-order valence-corrected chi connectivity index (χ2v) is 7.31. The Bertz CT molecular complexity index is 760. The zero-order valence-corrected chi connectivity index (χ0v) is 16.3. The molecular formula is C19H26N4O2S. The number of aromatic nitrogens is 3. The quantitative estimate of drug-likeness (QED) is 0.568. The van der Waals surface area contributed by atoms with Crippen LogP contribution in [0.1, 0.15) is 30.9 Å². The number of methoxy groups -OCH3 is 1. The third-order valence-corrected chi connectivity index (χ3v) is 5.57. The molecule has 7 heteroatoms. The lowest BCUT2D eigenvalue weighted by Gasteiger charge is -2.16. The van der Waals surface area contributed by atoms with Crippen molar-refractivity contribution < 1.29 is 9.53 Å². The van der Waals surface area contributed by atoms with Crippen LogP contribution in [-0.2, 0) is 28.9 Å². The monoisotopic (exact) mass is 374 g/mol. The fourth-order valence-corrected chi connectivity index (χ4v) is 4.07. The van der Waals surface area contributed by atoms with Gasteiger partial charge in [0, 0.05) is 25.8 Å². The summed E-state index contributed by atoms with van der Waals surface area (Å²) >= 11 is 1.42. The van der Waals surface area contributed by atoms with Crippen molar-refractivity contribution in [2.24, 2.45) is 0 Å². The molecule has 0 atom stereocenters. The highest BCUT2D eigenvalue weighted by Crippen LogP contribution is 2.28. The molecule has 0 radical (unpaired) electrons. The van der Waals surface area contributed by atoms with Crippen molar-refractivity contribution in [1.82, 2.24) is 20.1 Å². The second kappa shape index (κ2) is 9.19. The van der Waals surface area contributed by atoms with Crippen LogP contribution in [0, 0.1) is 0 Å². The highest BCUT2D eigenvalue weighted by Gasteiger charge is 2.17. The molecule has 1 aromatic carbocycles. The molecule has 1 N–H and O–H groups in total. The Hall–Kier alpha value is -1.86. The van der Waals surface area contributed by atoms with Crippen LogP contribution in [0.2, 0.25) is 0 Å². The minimum atomic E-state index is -0.0203. The smallest absolute Gasteiger partial charge is 0.230 e. The molecule has 0 spiro atoms. The van der Waals surface area contributed by atoms with E-state index >= 15 is 0 Å². The lowest BCUT2D eigenvalue weighted by atomic mass is 9.90. The van der Waals surface area contributed by atoms with Crippen LogP contribution < -0.4 is 5.32 Å². The molecule has 1 heterocycles. The van der Waals surface area contributed by atoms with Gasteiger partial charge in [0.15, 0.2) is 11.0 Å². The maximum absolute atomic E-state index is 11.9. The summed E-state index contributed by atoms with van der Waals surface area (Å²) in [6, 6.07) is 6.64. The molecule has 2 aromatic rings. The fourth-order valence-electron chi connectivity index (χ4n) is 3.24. The summed E-state index contributed by atoms with van der Waals surface area (Å²) in [5, 5.41) is 12.3. The molecule has 0 saturated carbocycles. The molecule has 1 aliphatic rings. The Kier molecular flexibility index (Phi) is 6.68. The number of fused-ring (bicyclic) bond motifs is 1. The highest BCUT2D eigenvalue weighted by molar-refractivity contribution is 7.99. The molecule has 140 valence electrons. The number of hydrogen-bond acceptors (Lipinski definition) is 5. The Morgan fingerprint density at radius 2 is 2.08 bits per heavy atom. The molecule has 0 unspecified atom stereocenters. The van der Waals surface area contributed by atoms with Crippen LogP contribution in [0.15, 0.2) is 23.4 Å². The number of ether oxygens (including phenoxy) is 1. The van der Waals surface area contributed by atoms with E-state index in [4.69, 9.17) is 4.74 Å². The predicted molar refractivity (Wildman–Crippen MR) is 103 cm³/mol. The normalized spacial score (nSPS) is 13.5. The van der Waals surface area contributed by atoms with Gasteiger partial charge in [0.25, 0.3) is 0 Å². The standard InChI is InChI=1S/C19H26N4O2S/c1-3-23-18(16-9-8-14-6-4-5-7-15(14)12-16)21-22-19(23)26-13-17(24)20-10-11-25-2/h8-9,12H,3-7,10-11,13H2,1-2H3,(H,20,24). The lowest BCUT2D eigenvalue weighted by molar-refractivity contribution is -0.118. The van der Waals surface area contributed by atoms with Crippen LogP contribution in [0.25, 0.3) is 11.4 Å². The molecule has 0 fully saturated rings. The minimum Gasteiger partial charge on any atom is -0.383 e. The number of hydrogen-bond donors (Lipinski definition) is 1. The van der Waals surface area contributed by atoms with Gasteiger partial charge in [-0.25, -0.2) is 0 Å². The van der Waals surface area contributed by atoms with Gasteiger partial charge in [-0.05, 0) is 49.8 Å². The SMILES string of the molecule is CCn1c(SCC(=O)NCCOC)nnc1-c1ccc2c(c1)CCCC2. The average Bonchev–Trinajstić information content (AvgIpc) is 3.09. The van der Waals surface area contributed by atoms with Gasteiger partial charge in [0.2, 0.25) is 5.91 Å². The van der Waals surface area contributed by atoms with E-state index in [1.165, 1.54) is 42.2 Å². The van der Waals surface area contributed by atoms with Crippen molar-refractivity contribution in [3.8, 4) is 11.4 Å². The number of nitrogens with one attached hydrogen (secondary N) is 1. The van der Waals surface area contributed by atoms with Gasteiger partial charge in [-0.3, -0.25) is 4.79 Å². The first-order valence-electron chi connectivity index (χ1n) is 9.16. The van der Waals surface area contributed by atoms with Gasteiger partial charge in [0.05, 0.1) is 12.4 Å². The fraction of sp³-hybridized carbons (Fsp3) is 0.526. The Labute approximate surface area is 158 Å². The summed E-state index contributed by atoms with van der Waals surface area (Å²) in [7, 11) is 1.62. The second-order valence-electron chi connectivity index (χ2n) is 6.37. The first-order valence-corrected chi connectivity index (χ1v) is 10.1. The largest absolute Gasteiger partial charge is 0.383 e. The van der Waals surface area contributed by atoms with E-state index < -0.39 is 0 Å². The average molecular weight is 375 g/mol. The number of carbonyl (C=O) groups is 1. The molecule has 0 bridgehead atoms. The summed E-state index contributed by atoms with van der Waals surface area (Å²) in [5.41, 5.74) is 4.01. The summed E-state index contributed by atoms with van der Waals surface area (Å²) in [5.74, 6) is 1.18.